The Morgan fingerprint density at radius 1 is 0.543 bits per heavy atom. The second kappa shape index (κ2) is 6.28. The maximum absolute atomic E-state index is 4.60. The van der Waals surface area contributed by atoms with Crippen molar-refractivity contribution in [3.05, 3.63) is 130 Å². The number of hydrogen-bond donors (Lipinski definition) is 0. The monoisotopic (exact) mass is 446 g/mol. The Bertz CT molecular complexity index is 1760. The highest BCUT2D eigenvalue weighted by atomic mass is 15.2. The molecule has 0 radical (unpaired) electrons. The molecule has 35 heavy (non-hydrogen) atoms. The lowest BCUT2D eigenvalue weighted by Gasteiger charge is -2.41. The number of anilines is 3. The number of rotatable bonds is 0. The van der Waals surface area contributed by atoms with Crippen LogP contribution in [0.4, 0.5) is 17.1 Å². The van der Waals surface area contributed by atoms with E-state index in [1.807, 2.05) is 6.20 Å². The first-order chi connectivity index (χ1) is 17.3. The summed E-state index contributed by atoms with van der Waals surface area (Å²) in [6, 6.07) is 27.4. The predicted molar refractivity (Wildman–Crippen MR) is 141 cm³/mol. The van der Waals surface area contributed by atoms with Crippen LogP contribution in [-0.4, -0.2) is 4.98 Å². The zero-order valence-electron chi connectivity index (χ0n) is 19.3. The number of hydrogen-bond acceptors (Lipinski definition) is 2. The fourth-order valence-corrected chi connectivity index (χ4v) is 7.22. The molecule has 2 aliphatic heterocycles. The van der Waals surface area contributed by atoms with Crippen molar-refractivity contribution in [1.29, 1.82) is 0 Å². The van der Waals surface area contributed by atoms with Crippen molar-refractivity contribution in [3.8, 4) is 22.3 Å². The van der Waals surface area contributed by atoms with Gasteiger partial charge in [-0.3, -0.25) is 4.98 Å². The van der Waals surface area contributed by atoms with Crippen LogP contribution >= 0.6 is 0 Å². The van der Waals surface area contributed by atoms with E-state index in [2.05, 4.69) is 88.9 Å². The third-order valence-corrected chi connectivity index (χ3v) is 8.59. The fraction of sp³-hybridized carbons (Fsp3) is 0.121. The van der Waals surface area contributed by atoms with E-state index in [-0.39, 0.29) is 0 Å². The summed E-state index contributed by atoms with van der Waals surface area (Å²) in [6.45, 7) is 0. The highest BCUT2D eigenvalue weighted by molar-refractivity contribution is 5.98. The van der Waals surface area contributed by atoms with Gasteiger partial charge in [0.15, 0.2) is 0 Å². The first kappa shape index (κ1) is 18.2. The largest absolute Gasteiger partial charge is 0.307 e. The standard InChI is InChI=1S/C33H22N2/c1-3-7-25-20(6-1)16-28-27(25)10-9-22-14-24-15-23-13-19-5-2-4-8-26(19)31(23)29-17-21-11-12-34-18-30(21)35(32(22)28)33(24)29/h1-12,15,18H,13-14,16-17H2. The Labute approximate surface area is 204 Å². The molecule has 4 aliphatic rings. The van der Waals surface area contributed by atoms with E-state index in [1.54, 1.807) is 0 Å². The maximum Gasteiger partial charge on any atom is 0.0680 e. The van der Waals surface area contributed by atoms with Crippen LogP contribution in [0.15, 0.2) is 85.2 Å². The minimum atomic E-state index is 0.971. The Morgan fingerprint density at radius 2 is 1.29 bits per heavy atom. The Morgan fingerprint density at radius 3 is 2.20 bits per heavy atom. The van der Waals surface area contributed by atoms with Crippen molar-refractivity contribution in [2.24, 2.45) is 0 Å². The minimum absolute atomic E-state index is 0.971. The van der Waals surface area contributed by atoms with Gasteiger partial charge in [0.1, 0.15) is 0 Å². The molecule has 9 rings (SSSR count). The summed E-state index contributed by atoms with van der Waals surface area (Å²) < 4.78 is 0. The highest BCUT2D eigenvalue weighted by Crippen LogP contribution is 2.57. The molecule has 164 valence electrons. The normalized spacial score (nSPS) is 14.9. The Balaban J connectivity index is 1.37. The second-order valence-corrected chi connectivity index (χ2v) is 10.4. The summed E-state index contributed by atoms with van der Waals surface area (Å²) in [7, 11) is 0. The minimum Gasteiger partial charge on any atom is -0.307 e. The molecule has 5 aromatic rings. The molecule has 2 heteroatoms. The van der Waals surface area contributed by atoms with Gasteiger partial charge in [0.05, 0.1) is 23.3 Å². The van der Waals surface area contributed by atoms with Gasteiger partial charge in [-0.1, -0.05) is 66.7 Å². The topological polar surface area (TPSA) is 16.1 Å². The molecule has 0 fully saturated rings. The van der Waals surface area contributed by atoms with Gasteiger partial charge >= 0.3 is 0 Å². The van der Waals surface area contributed by atoms with Crippen molar-refractivity contribution in [1.82, 2.24) is 4.98 Å². The molecule has 0 atom stereocenters. The summed E-state index contributed by atoms with van der Waals surface area (Å²) in [5.41, 5.74) is 21.4. The molecule has 0 saturated heterocycles. The molecule has 2 nitrogen and oxygen atoms in total. The Hall–Kier alpha value is -4.17. The Kier molecular flexibility index (Phi) is 3.27. The van der Waals surface area contributed by atoms with Crippen molar-refractivity contribution in [2.75, 3.05) is 4.90 Å². The smallest absolute Gasteiger partial charge is 0.0680 e. The summed E-state index contributed by atoms with van der Waals surface area (Å²) >= 11 is 0. The van der Waals surface area contributed by atoms with Crippen molar-refractivity contribution >= 4 is 17.1 Å². The van der Waals surface area contributed by atoms with Gasteiger partial charge < -0.3 is 4.90 Å². The van der Waals surface area contributed by atoms with E-state index in [1.165, 1.54) is 83.8 Å². The first-order valence-electron chi connectivity index (χ1n) is 12.6. The molecule has 0 amide bonds. The van der Waals surface area contributed by atoms with E-state index < -0.39 is 0 Å². The van der Waals surface area contributed by atoms with E-state index in [9.17, 15) is 0 Å². The van der Waals surface area contributed by atoms with Gasteiger partial charge in [-0.25, -0.2) is 0 Å². The molecular weight excluding hydrogens is 424 g/mol. The van der Waals surface area contributed by atoms with Crippen molar-refractivity contribution in [3.63, 3.8) is 0 Å². The number of fused-ring (bicyclic) bond motifs is 12. The van der Waals surface area contributed by atoms with Gasteiger partial charge in [0.2, 0.25) is 0 Å². The lowest BCUT2D eigenvalue weighted by atomic mass is 9.81. The predicted octanol–water partition coefficient (Wildman–Crippen LogP) is 7.50. The van der Waals surface area contributed by atoms with Gasteiger partial charge in [-0.15, -0.1) is 0 Å². The van der Waals surface area contributed by atoms with Crippen LogP contribution in [0, 0.1) is 0 Å². The van der Waals surface area contributed by atoms with Crippen LogP contribution < -0.4 is 4.90 Å². The van der Waals surface area contributed by atoms with E-state index in [4.69, 9.17) is 0 Å². The summed E-state index contributed by atoms with van der Waals surface area (Å²) in [5, 5.41) is 0. The van der Waals surface area contributed by atoms with Crippen molar-refractivity contribution in [2.45, 2.75) is 25.7 Å². The molecule has 0 N–H and O–H groups in total. The molecule has 0 spiro atoms. The molecule has 4 aromatic carbocycles. The fourth-order valence-electron chi connectivity index (χ4n) is 7.22. The summed E-state index contributed by atoms with van der Waals surface area (Å²) in [6.07, 6.45) is 8.05. The SMILES string of the molecule is c1ccc2c(c1)Cc1c-2ccc2c1N1c3cnccc3Cc3c4c(cc(c31)C2)Cc1ccccc1-4. The van der Waals surface area contributed by atoms with Crippen LogP contribution in [-0.2, 0) is 25.7 Å². The molecule has 0 bridgehead atoms. The third kappa shape index (κ3) is 2.23. The van der Waals surface area contributed by atoms with Gasteiger partial charge in [-0.2, -0.15) is 0 Å². The van der Waals surface area contributed by atoms with Crippen LogP contribution in [0.1, 0.15) is 44.5 Å². The van der Waals surface area contributed by atoms with Crippen LogP contribution in [0.25, 0.3) is 22.3 Å². The van der Waals surface area contributed by atoms with Gasteiger partial charge in [0.25, 0.3) is 0 Å². The summed E-state index contributed by atoms with van der Waals surface area (Å²) in [5.74, 6) is 0. The van der Waals surface area contributed by atoms with Crippen LogP contribution in [0.5, 0.6) is 0 Å². The zero-order valence-corrected chi connectivity index (χ0v) is 19.3. The lowest BCUT2D eigenvalue weighted by Crippen LogP contribution is -2.26. The van der Waals surface area contributed by atoms with Gasteiger partial charge in [0, 0.05) is 25.5 Å². The van der Waals surface area contributed by atoms with E-state index >= 15 is 0 Å². The molecule has 1 aromatic heterocycles. The molecule has 2 aliphatic carbocycles. The highest BCUT2D eigenvalue weighted by Gasteiger charge is 2.38. The van der Waals surface area contributed by atoms with Crippen LogP contribution in [0.3, 0.4) is 0 Å². The molecule has 0 saturated carbocycles. The maximum atomic E-state index is 4.60. The van der Waals surface area contributed by atoms with Crippen LogP contribution in [0.2, 0.25) is 0 Å². The number of aromatic nitrogens is 1. The summed E-state index contributed by atoms with van der Waals surface area (Å²) in [4.78, 5) is 7.18. The van der Waals surface area contributed by atoms with Crippen molar-refractivity contribution < 1.29 is 0 Å². The number of pyridine rings is 1. The van der Waals surface area contributed by atoms with Gasteiger partial charge in [-0.05, 0) is 79.2 Å². The zero-order chi connectivity index (χ0) is 22.7. The van der Waals surface area contributed by atoms with E-state index in [0.717, 1.165) is 25.7 Å². The average Bonchev–Trinajstić information content (AvgIpc) is 3.46. The van der Waals surface area contributed by atoms with E-state index in [0.29, 0.717) is 0 Å². The number of nitrogens with zero attached hydrogens (tertiary/aromatic N) is 2. The molecule has 3 heterocycles. The third-order valence-electron chi connectivity index (χ3n) is 8.59. The number of benzene rings is 4. The second-order valence-electron chi connectivity index (χ2n) is 10.4. The molecular formula is C33H22N2. The molecule has 0 unspecified atom stereocenters. The lowest BCUT2D eigenvalue weighted by molar-refractivity contribution is 0.988. The quantitative estimate of drug-likeness (QED) is 0.240. The average molecular weight is 447 g/mol. The first-order valence-corrected chi connectivity index (χ1v) is 12.6.